The van der Waals surface area contributed by atoms with Crippen molar-refractivity contribution >= 4 is 22.6 Å². The average Bonchev–Trinajstić information content (AvgIpc) is 2.84. The zero-order valence-corrected chi connectivity index (χ0v) is 13.0. The highest BCUT2D eigenvalue weighted by Gasteiger charge is 2.00. The smallest absolute Gasteiger partial charge is 0.120 e. The van der Waals surface area contributed by atoms with E-state index >= 15 is 0 Å². The summed E-state index contributed by atoms with van der Waals surface area (Å²) in [6, 6.07) is 8.00. The molecule has 0 amide bonds. The third-order valence-electron chi connectivity index (χ3n) is 2.53. The number of benzene rings is 1. The van der Waals surface area contributed by atoms with E-state index in [1.54, 1.807) is 4.68 Å². The quantitative estimate of drug-likeness (QED) is 0.757. The highest BCUT2D eigenvalue weighted by Crippen LogP contribution is 2.14. The molecule has 1 heterocycles. The van der Waals surface area contributed by atoms with Gasteiger partial charge in [-0.25, -0.2) is 4.68 Å². The fourth-order valence-electron chi connectivity index (χ4n) is 1.60. The van der Waals surface area contributed by atoms with Gasteiger partial charge in [0.25, 0.3) is 0 Å². The molecular weight excluding hydrogens is 355 g/mol. The number of aromatic nitrogens is 3. The first kappa shape index (κ1) is 14.3. The molecular formula is C13H17IN4O. The SMILES string of the molecule is CCNCc1cn(CCOc2cccc(I)c2)nn1. The van der Waals surface area contributed by atoms with Crippen molar-refractivity contribution in [2.45, 2.75) is 20.0 Å². The van der Waals surface area contributed by atoms with Crippen molar-refractivity contribution in [1.82, 2.24) is 20.3 Å². The molecule has 0 bridgehead atoms. The van der Waals surface area contributed by atoms with E-state index in [4.69, 9.17) is 4.74 Å². The molecule has 0 spiro atoms. The minimum absolute atomic E-state index is 0.587. The van der Waals surface area contributed by atoms with Crippen molar-refractivity contribution in [3.63, 3.8) is 0 Å². The highest BCUT2D eigenvalue weighted by atomic mass is 127. The van der Waals surface area contributed by atoms with Crippen LogP contribution in [0, 0.1) is 3.57 Å². The molecule has 0 aliphatic heterocycles. The van der Waals surface area contributed by atoms with Gasteiger partial charge in [0, 0.05) is 16.3 Å². The van der Waals surface area contributed by atoms with Crippen molar-refractivity contribution in [3.8, 4) is 5.75 Å². The van der Waals surface area contributed by atoms with Crippen molar-refractivity contribution < 1.29 is 4.74 Å². The summed E-state index contributed by atoms with van der Waals surface area (Å²) in [7, 11) is 0. The zero-order valence-electron chi connectivity index (χ0n) is 10.8. The second-order valence-corrected chi connectivity index (χ2v) is 5.30. The molecule has 5 nitrogen and oxygen atoms in total. The first-order chi connectivity index (χ1) is 9.28. The van der Waals surface area contributed by atoms with Crippen molar-refractivity contribution in [3.05, 3.63) is 39.7 Å². The first-order valence-corrected chi connectivity index (χ1v) is 7.34. The summed E-state index contributed by atoms with van der Waals surface area (Å²) in [5, 5.41) is 11.4. The molecule has 6 heteroatoms. The van der Waals surface area contributed by atoms with Gasteiger partial charge in [0.15, 0.2) is 0 Å². The number of nitrogens with one attached hydrogen (secondary N) is 1. The Morgan fingerprint density at radius 1 is 1.42 bits per heavy atom. The topological polar surface area (TPSA) is 52.0 Å². The highest BCUT2D eigenvalue weighted by molar-refractivity contribution is 14.1. The largest absolute Gasteiger partial charge is 0.492 e. The molecule has 0 unspecified atom stereocenters. The summed E-state index contributed by atoms with van der Waals surface area (Å²) >= 11 is 2.27. The number of halogens is 1. The van der Waals surface area contributed by atoms with Gasteiger partial charge in [-0.05, 0) is 47.3 Å². The molecule has 0 saturated heterocycles. The van der Waals surface area contributed by atoms with Crippen molar-refractivity contribution in [2.75, 3.05) is 13.2 Å². The van der Waals surface area contributed by atoms with Crippen molar-refractivity contribution in [1.29, 1.82) is 0 Å². The van der Waals surface area contributed by atoms with Gasteiger partial charge in [0.1, 0.15) is 12.4 Å². The fraction of sp³-hybridized carbons (Fsp3) is 0.385. The third-order valence-corrected chi connectivity index (χ3v) is 3.20. The molecule has 0 fully saturated rings. The number of hydrogen-bond donors (Lipinski definition) is 1. The lowest BCUT2D eigenvalue weighted by atomic mass is 10.3. The number of hydrogen-bond acceptors (Lipinski definition) is 4. The van der Waals surface area contributed by atoms with Crippen molar-refractivity contribution in [2.24, 2.45) is 0 Å². The van der Waals surface area contributed by atoms with Crippen LogP contribution in [0.3, 0.4) is 0 Å². The average molecular weight is 372 g/mol. The molecule has 19 heavy (non-hydrogen) atoms. The van der Waals surface area contributed by atoms with Gasteiger partial charge in [-0.1, -0.05) is 18.2 Å². The zero-order chi connectivity index (χ0) is 13.5. The molecule has 1 aromatic heterocycles. The fourth-order valence-corrected chi connectivity index (χ4v) is 2.11. The summed E-state index contributed by atoms with van der Waals surface area (Å²) in [4.78, 5) is 0. The predicted molar refractivity (Wildman–Crippen MR) is 82.1 cm³/mol. The van der Waals surface area contributed by atoms with E-state index in [2.05, 4.69) is 45.1 Å². The maximum atomic E-state index is 5.67. The Bertz CT molecular complexity index is 515. The molecule has 1 aromatic carbocycles. The Morgan fingerprint density at radius 3 is 3.11 bits per heavy atom. The molecule has 0 radical (unpaired) electrons. The van der Waals surface area contributed by atoms with Gasteiger partial charge in [-0.15, -0.1) is 5.10 Å². The summed E-state index contributed by atoms with van der Waals surface area (Å²) < 4.78 is 8.65. The normalized spacial score (nSPS) is 10.6. The van der Waals surface area contributed by atoms with Gasteiger partial charge in [0.05, 0.1) is 12.2 Å². The standard InChI is InChI=1S/C13H17IN4O/c1-2-15-9-12-10-18(17-16-12)6-7-19-13-5-3-4-11(14)8-13/h3-5,8,10,15H,2,6-7,9H2,1H3. The van der Waals surface area contributed by atoms with E-state index in [9.17, 15) is 0 Å². The summed E-state index contributed by atoms with van der Waals surface area (Å²) in [6.07, 6.45) is 1.95. The van der Waals surface area contributed by atoms with Gasteiger partial charge in [-0.2, -0.15) is 0 Å². The molecule has 0 saturated carbocycles. The van der Waals surface area contributed by atoms with Crippen LogP contribution in [0.4, 0.5) is 0 Å². The number of rotatable bonds is 7. The van der Waals surface area contributed by atoms with E-state index < -0.39 is 0 Å². The van der Waals surface area contributed by atoms with Crippen LogP contribution >= 0.6 is 22.6 Å². The van der Waals surface area contributed by atoms with Gasteiger partial charge in [-0.3, -0.25) is 0 Å². The van der Waals surface area contributed by atoms with Crippen LogP contribution in [0.5, 0.6) is 5.75 Å². The predicted octanol–water partition coefficient (Wildman–Crippen LogP) is 2.07. The van der Waals surface area contributed by atoms with Gasteiger partial charge < -0.3 is 10.1 Å². The van der Waals surface area contributed by atoms with Crippen LogP contribution in [0.1, 0.15) is 12.6 Å². The maximum Gasteiger partial charge on any atom is 0.120 e. The van der Waals surface area contributed by atoms with E-state index in [1.807, 2.05) is 30.5 Å². The van der Waals surface area contributed by atoms with Crippen LogP contribution in [-0.2, 0) is 13.1 Å². The monoisotopic (exact) mass is 372 g/mol. The number of nitrogens with zero attached hydrogens (tertiary/aromatic N) is 3. The first-order valence-electron chi connectivity index (χ1n) is 6.26. The molecule has 0 aliphatic carbocycles. The van der Waals surface area contributed by atoms with Crippen LogP contribution in [0.25, 0.3) is 0 Å². The third kappa shape index (κ3) is 4.79. The maximum absolute atomic E-state index is 5.67. The van der Waals surface area contributed by atoms with Gasteiger partial charge >= 0.3 is 0 Å². The van der Waals surface area contributed by atoms with Crippen LogP contribution in [0.2, 0.25) is 0 Å². The molecule has 0 aliphatic rings. The minimum atomic E-state index is 0.587. The van der Waals surface area contributed by atoms with E-state index in [1.165, 1.54) is 3.57 Å². The second-order valence-electron chi connectivity index (χ2n) is 4.06. The summed E-state index contributed by atoms with van der Waals surface area (Å²) in [6.45, 7) is 5.05. The van der Waals surface area contributed by atoms with Crippen LogP contribution in [0.15, 0.2) is 30.5 Å². The minimum Gasteiger partial charge on any atom is -0.492 e. The Morgan fingerprint density at radius 2 is 2.32 bits per heavy atom. The lowest BCUT2D eigenvalue weighted by Gasteiger charge is -2.05. The molecule has 1 N–H and O–H groups in total. The molecule has 102 valence electrons. The van der Waals surface area contributed by atoms with Crippen LogP contribution in [-0.4, -0.2) is 28.1 Å². The Labute approximate surface area is 126 Å². The molecule has 0 atom stereocenters. The van der Waals surface area contributed by atoms with Gasteiger partial charge in [0.2, 0.25) is 0 Å². The Balaban J connectivity index is 1.77. The summed E-state index contributed by atoms with van der Waals surface area (Å²) in [5.74, 6) is 0.889. The van der Waals surface area contributed by atoms with E-state index in [-0.39, 0.29) is 0 Å². The number of ether oxygens (including phenoxy) is 1. The van der Waals surface area contributed by atoms with Crippen LogP contribution < -0.4 is 10.1 Å². The van der Waals surface area contributed by atoms with E-state index in [0.717, 1.165) is 24.5 Å². The molecule has 2 rings (SSSR count). The molecule has 2 aromatic rings. The Kier molecular flexibility index (Phi) is 5.59. The second kappa shape index (κ2) is 7.44. The lowest BCUT2D eigenvalue weighted by molar-refractivity contribution is 0.289. The lowest BCUT2D eigenvalue weighted by Crippen LogP contribution is -2.12. The summed E-state index contributed by atoms with van der Waals surface area (Å²) in [5.41, 5.74) is 0.955. The Hall–Kier alpha value is -1.15. The van der Waals surface area contributed by atoms with E-state index in [0.29, 0.717) is 13.2 Å².